The van der Waals surface area contributed by atoms with E-state index >= 15 is 0 Å². The maximum atomic E-state index is 13.9. The number of nitrogens with zero attached hydrogens (tertiary/aromatic N) is 3. The average molecular weight is 498 g/mol. The van der Waals surface area contributed by atoms with Gasteiger partial charge in [-0.2, -0.15) is 0 Å². The summed E-state index contributed by atoms with van der Waals surface area (Å²) in [5.41, 5.74) is 2.36. The second-order valence-corrected chi connectivity index (χ2v) is 9.18. The molecule has 4 aromatic rings. The molecule has 37 heavy (non-hydrogen) atoms. The van der Waals surface area contributed by atoms with Gasteiger partial charge < -0.3 is 9.64 Å². The summed E-state index contributed by atoms with van der Waals surface area (Å²) in [4.78, 5) is 34.4. The van der Waals surface area contributed by atoms with Crippen molar-refractivity contribution in [1.82, 2.24) is 14.5 Å². The molecule has 3 aromatic carbocycles. The molecule has 0 saturated heterocycles. The number of para-hydroxylation sites is 1. The fourth-order valence-electron chi connectivity index (χ4n) is 4.72. The highest BCUT2D eigenvalue weighted by Gasteiger charge is 2.28. The highest BCUT2D eigenvalue weighted by molar-refractivity contribution is 5.79. The van der Waals surface area contributed by atoms with Gasteiger partial charge in [-0.1, -0.05) is 62.7 Å². The number of methoxy groups -OCH3 is 1. The smallest absolute Gasteiger partial charge is 0.266 e. The van der Waals surface area contributed by atoms with Crippen LogP contribution in [0.3, 0.4) is 0 Å². The number of carbonyl (C=O) groups is 1. The molecule has 0 aliphatic rings. The lowest BCUT2D eigenvalue weighted by Crippen LogP contribution is -2.39. The summed E-state index contributed by atoms with van der Waals surface area (Å²) in [6, 6.07) is 24.6. The van der Waals surface area contributed by atoms with Crippen molar-refractivity contribution in [2.24, 2.45) is 0 Å². The van der Waals surface area contributed by atoms with Crippen LogP contribution in [0.15, 0.2) is 83.7 Å². The van der Waals surface area contributed by atoms with Gasteiger partial charge in [0.05, 0.1) is 29.7 Å². The van der Waals surface area contributed by atoms with Crippen LogP contribution >= 0.6 is 0 Å². The van der Waals surface area contributed by atoms with Crippen molar-refractivity contribution in [3.8, 4) is 11.4 Å². The summed E-state index contributed by atoms with van der Waals surface area (Å²) >= 11 is 0. The number of hydrogen-bond donors (Lipinski definition) is 0. The van der Waals surface area contributed by atoms with Crippen LogP contribution in [0.1, 0.15) is 57.0 Å². The minimum atomic E-state index is -0.354. The third-order valence-corrected chi connectivity index (χ3v) is 6.74. The topological polar surface area (TPSA) is 64.4 Å². The van der Waals surface area contributed by atoms with E-state index in [0.29, 0.717) is 47.6 Å². The summed E-state index contributed by atoms with van der Waals surface area (Å²) in [5.74, 6) is 1.38. The fraction of sp³-hybridized carbons (Fsp3) is 0.323. The van der Waals surface area contributed by atoms with Crippen LogP contribution in [0, 0.1) is 0 Å². The number of aromatic nitrogens is 2. The molecule has 1 atom stereocenters. The van der Waals surface area contributed by atoms with E-state index in [1.54, 1.807) is 17.7 Å². The molecule has 0 bridgehead atoms. The van der Waals surface area contributed by atoms with Gasteiger partial charge in [-0.25, -0.2) is 4.98 Å². The largest absolute Gasteiger partial charge is 0.497 e. The number of carbonyl (C=O) groups excluding carboxylic acids is 1. The Morgan fingerprint density at radius 1 is 0.973 bits per heavy atom. The van der Waals surface area contributed by atoms with Crippen LogP contribution < -0.4 is 10.3 Å². The standard InChI is InChI=1S/C31H35N3O3/c1-4-6-16-29(35)33(22-21-23-12-8-7-9-13-23)28(5-2)30-32-27-15-11-10-14-26(27)31(36)34(30)24-17-19-25(37-3)20-18-24/h7-15,17-20,28H,4-6,16,21-22H2,1-3H3. The van der Waals surface area contributed by atoms with Gasteiger partial charge in [0.15, 0.2) is 0 Å². The molecule has 0 saturated carbocycles. The lowest BCUT2D eigenvalue weighted by atomic mass is 10.1. The van der Waals surface area contributed by atoms with E-state index in [-0.39, 0.29) is 17.5 Å². The molecule has 0 aliphatic carbocycles. The quantitative estimate of drug-likeness (QED) is 0.251. The molecular formula is C31H35N3O3. The van der Waals surface area contributed by atoms with Crippen molar-refractivity contribution in [3.05, 3.63) is 101 Å². The summed E-state index contributed by atoms with van der Waals surface area (Å²) < 4.78 is 6.99. The molecule has 1 heterocycles. The Hall–Kier alpha value is -3.93. The van der Waals surface area contributed by atoms with Gasteiger partial charge in [0.2, 0.25) is 5.91 Å². The number of amides is 1. The molecule has 6 heteroatoms. The predicted molar refractivity (Wildman–Crippen MR) is 148 cm³/mol. The number of unbranched alkanes of at least 4 members (excludes halogenated alkanes) is 1. The van der Waals surface area contributed by atoms with Crippen molar-refractivity contribution >= 4 is 16.8 Å². The zero-order valence-corrected chi connectivity index (χ0v) is 21.9. The molecule has 0 spiro atoms. The van der Waals surface area contributed by atoms with E-state index in [1.165, 1.54) is 5.56 Å². The SMILES string of the molecule is CCCCC(=O)N(CCc1ccccc1)C(CC)c1nc2ccccc2c(=O)n1-c1ccc(OC)cc1. The van der Waals surface area contributed by atoms with Crippen LogP contribution in [0.4, 0.5) is 0 Å². The first-order chi connectivity index (χ1) is 18.1. The maximum Gasteiger partial charge on any atom is 0.266 e. The third kappa shape index (κ3) is 5.91. The molecule has 0 radical (unpaired) electrons. The van der Waals surface area contributed by atoms with Gasteiger partial charge in [0.25, 0.3) is 5.56 Å². The van der Waals surface area contributed by atoms with Crippen LogP contribution in [-0.2, 0) is 11.2 Å². The first kappa shape index (κ1) is 26.1. The Labute approximate surface area is 218 Å². The van der Waals surface area contributed by atoms with Gasteiger partial charge >= 0.3 is 0 Å². The Morgan fingerprint density at radius 2 is 1.68 bits per heavy atom. The van der Waals surface area contributed by atoms with Crippen LogP contribution in [-0.4, -0.2) is 34.0 Å². The summed E-state index contributed by atoms with van der Waals surface area (Å²) in [7, 11) is 1.61. The van der Waals surface area contributed by atoms with Crippen molar-refractivity contribution in [3.63, 3.8) is 0 Å². The van der Waals surface area contributed by atoms with Gasteiger partial charge in [-0.15, -0.1) is 0 Å². The average Bonchev–Trinajstić information content (AvgIpc) is 2.94. The second kappa shape index (κ2) is 12.3. The third-order valence-electron chi connectivity index (χ3n) is 6.74. The van der Waals surface area contributed by atoms with Gasteiger partial charge in [-0.3, -0.25) is 14.2 Å². The van der Waals surface area contributed by atoms with Crippen molar-refractivity contribution < 1.29 is 9.53 Å². The molecule has 1 amide bonds. The summed E-state index contributed by atoms with van der Waals surface area (Å²) in [6.07, 6.45) is 3.61. The lowest BCUT2D eigenvalue weighted by molar-refractivity contribution is -0.134. The molecule has 192 valence electrons. The van der Waals surface area contributed by atoms with Crippen molar-refractivity contribution in [2.45, 2.75) is 52.0 Å². The Bertz CT molecular complexity index is 1380. The van der Waals surface area contributed by atoms with Crippen LogP contribution in [0.2, 0.25) is 0 Å². The summed E-state index contributed by atoms with van der Waals surface area (Å²) in [5, 5.41) is 0.546. The number of rotatable bonds is 11. The monoisotopic (exact) mass is 497 g/mol. The molecule has 1 aromatic heterocycles. The van der Waals surface area contributed by atoms with E-state index in [2.05, 4.69) is 19.1 Å². The normalized spacial score (nSPS) is 11.9. The molecule has 4 rings (SSSR count). The maximum absolute atomic E-state index is 13.9. The molecule has 1 unspecified atom stereocenters. The predicted octanol–water partition coefficient (Wildman–Crippen LogP) is 6.11. The van der Waals surface area contributed by atoms with E-state index in [4.69, 9.17) is 9.72 Å². The fourth-order valence-corrected chi connectivity index (χ4v) is 4.72. The second-order valence-electron chi connectivity index (χ2n) is 9.18. The number of benzene rings is 3. The molecule has 6 nitrogen and oxygen atoms in total. The van der Waals surface area contributed by atoms with Crippen LogP contribution in [0.25, 0.3) is 16.6 Å². The number of fused-ring (bicyclic) bond motifs is 1. The minimum Gasteiger partial charge on any atom is -0.497 e. The van der Waals surface area contributed by atoms with Gasteiger partial charge in [0, 0.05) is 13.0 Å². The molecule has 0 N–H and O–H groups in total. The summed E-state index contributed by atoms with van der Waals surface area (Å²) in [6.45, 7) is 4.69. The lowest BCUT2D eigenvalue weighted by Gasteiger charge is -2.32. The Morgan fingerprint density at radius 3 is 2.35 bits per heavy atom. The van der Waals surface area contributed by atoms with E-state index in [9.17, 15) is 9.59 Å². The minimum absolute atomic E-state index is 0.0910. The Balaban J connectivity index is 1.85. The molecule has 0 fully saturated rings. The van der Waals surface area contributed by atoms with E-state index in [1.807, 2.05) is 72.5 Å². The number of hydrogen-bond acceptors (Lipinski definition) is 4. The highest BCUT2D eigenvalue weighted by atomic mass is 16.5. The first-order valence-electron chi connectivity index (χ1n) is 13.1. The van der Waals surface area contributed by atoms with Crippen molar-refractivity contribution in [1.29, 1.82) is 0 Å². The number of ether oxygens (including phenoxy) is 1. The van der Waals surface area contributed by atoms with Crippen LogP contribution in [0.5, 0.6) is 5.75 Å². The van der Waals surface area contributed by atoms with E-state index in [0.717, 1.165) is 19.3 Å². The zero-order valence-electron chi connectivity index (χ0n) is 21.9. The Kier molecular flexibility index (Phi) is 8.72. The highest BCUT2D eigenvalue weighted by Crippen LogP contribution is 2.28. The molecular weight excluding hydrogens is 462 g/mol. The van der Waals surface area contributed by atoms with E-state index < -0.39 is 0 Å². The molecule has 0 aliphatic heterocycles. The van der Waals surface area contributed by atoms with Crippen molar-refractivity contribution in [2.75, 3.05) is 13.7 Å². The van der Waals surface area contributed by atoms with Gasteiger partial charge in [0.1, 0.15) is 11.6 Å². The zero-order chi connectivity index (χ0) is 26.2. The van der Waals surface area contributed by atoms with Gasteiger partial charge in [-0.05, 0) is 61.2 Å². The first-order valence-corrected chi connectivity index (χ1v) is 13.1.